The summed E-state index contributed by atoms with van der Waals surface area (Å²) in [5, 5.41) is 0. The molecule has 0 aliphatic rings. The quantitative estimate of drug-likeness (QED) is 0.433. The van der Waals surface area contributed by atoms with Crippen molar-refractivity contribution in [1.29, 1.82) is 0 Å². The van der Waals surface area contributed by atoms with Crippen molar-refractivity contribution in [1.82, 2.24) is 0 Å². The minimum atomic E-state index is 0.177. The van der Waals surface area contributed by atoms with Crippen molar-refractivity contribution in [2.24, 2.45) is 0 Å². The van der Waals surface area contributed by atoms with Gasteiger partial charge in [0.25, 0.3) is 0 Å². The summed E-state index contributed by atoms with van der Waals surface area (Å²) >= 11 is 0. The molecule has 0 saturated heterocycles. The average Bonchev–Trinajstić information content (AvgIpc) is 1.38. The monoisotopic (exact) mass is 124 g/mol. The van der Waals surface area contributed by atoms with Crippen molar-refractivity contribution in [3.05, 3.63) is 0 Å². The second kappa shape index (κ2) is 3.15. The molecule has 0 nitrogen and oxygen atoms in total. The zero-order chi connectivity index (χ0) is 4.28. The molecule has 0 N–H and O–H groups in total. The maximum absolute atomic E-state index is 4.04. The van der Waals surface area contributed by atoms with Gasteiger partial charge in [-0.2, -0.15) is 0 Å². The topological polar surface area (TPSA) is 0 Å². The van der Waals surface area contributed by atoms with Crippen LogP contribution in [0.25, 0.3) is 0 Å². The zero-order valence-electron chi connectivity index (χ0n) is 3.06. The van der Waals surface area contributed by atoms with Gasteiger partial charge in [-0.3, -0.25) is 0 Å². The molecule has 0 radical (unpaired) electrons. The normalized spacial score (nSPS) is 7.20. The molecule has 0 aliphatic carbocycles. The van der Waals surface area contributed by atoms with Crippen molar-refractivity contribution in [2.75, 3.05) is 5.75 Å². The Balaban J connectivity index is 3.39. The van der Waals surface area contributed by atoms with Crippen LogP contribution in [0.3, 0.4) is 0 Å². The van der Waals surface area contributed by atoms with E-state index in [2.05, 4.69) is 22.8 Å². The van der Waals surface area contributed by atoms with E-state index in [1.165, 1.54) is 0 Å². The van der Waals surface area contributed by atoms with Gasteiger partial charge in [-0.1, -0.05) is 0 Å². The molecule has 0 amide bonds. The van der Waals surface area contributed by atoms with Crippen LogP contribution in [-0.2, 0) is 9.05 Å². The Labute approximate surface area is 38.2 Å². The molecule has 0 aromatic rings. The molecule has 0 bridgehead atoms. The molecule has 0 saturated carbocycles. The van der Waals surface area contributed by atoms with Crippen LogP contribution in [0.15, 0.2) is 0 Å². The van der Waals surface area contributed by atoms with Crippen LogP contribution < -0.4 is 0 Å². The van der Waals surface area contributed by atoms with Gasteiger partial charge in [0, 0.05) is 0 Å². The van der Waals surface area contributed by atoms with Gasteiger partial charge in [0.1, 0.15) is 0 Å². The number of rotatable bonds is 0. The number of hydrogen-bond donors (Lipinski definition) is 0. The fourth-order valence-electron chi connectivity index (χ4n) is 0. The van der Waals surface area contributed by atoms with Crippen molar-refractivity contribution in [3.63, 3.8) is 0 Å². The second-order valence-electron chi connectivity index (χ2n) is 0.653. The minimum absolute atomic E-state index is 0.177. The fourth-order valence-corrected chi connectivity index (χ4v) is 0. The van der Waals surface area contributed by atoms with E-state index in [1.54, 1.807) is 0 Å². The van der Waals surface area contributed by atoms with Crippen molar-refractivity contribution in [3.8, 4) is 0 Å². The van der Waals surface area contributed by atoms with E-state index in [4.69, 9.17) is 0 Å². The van der Waals surface area contributed by atoms with Crippen molar-refractivity contribution >= 4 is 24.9 Å². The predicted molar refractivity (Wildman–Crippen MR) is 33.1 cm³/mol. The van der Waals surface area contributed by atoms with Crippen molar-refractivity contribution < 1.29 is 0 Å². The molecule has 3 heteroatoms. The summed E-state index contributed by atoms with van der Waals surface area (Å²) in [4.78, 5) is 0. The SMILES string of the molecule is CCS(#P)=P. The molecule has 0 unspecified atom stereocenters. The van der Waals surface area contributed by atoms with Crippen molar-refractivity contribution in [2.45, 2.75) is 6.92 Å². The standard InChI is InChI=1S/C2H6P2S/c1-2-5(3)4/h3H,2H2,1H3. The zero-order valence-corrected chi connectivity index (χ0v) is 5.77. The summed E-state index contributed by atoms with van der Waals surface area (Å²) in [6.07, 6.45) is 0. The first kappa shape index (κ1) is 5.95. The van der Waals surface area contributed by atoms with Crippen LogP contribution in [0.2, 0.25) is 0 Å². The van der Waals surface area contributed by atoms with Gasteiger partial charge in [0.2, 0.25) is 0 Å². The summed E-state index contributed by atoms with van der Waals surface area (Å²) in [7, 11) is 7.52. The first-order chi connectivity index (χ1) is 2.27. The third kappa shape index (κ3) is 4.95. The molecule has 30 valence electrons. The van der Waals surface area contributed by atoms with E-state index in [1.807, 2.05) is 0 Å². The molecule has 0 aromatic carbocycles. The Bertz CT molecular complexity index is 109. The van der Waals surface area contributed by atoms with E-state index in [9.17, 15) is 0 Å². The van der Waals surface area contributed by atoms with Gasteiger partial charge < -0.3 is 0 Å². The van der Waals surface area contributed by atoms with Gasteiger partial charge in [0.05, 0.1) is 0 Å². The molecular formula is C2H6P2S. The molecule has 0 aliphatic heterocycles. The summed E-state index contributed by atoms with van der Waals surface area (Å²) in [6, 6.07) is 0. The molecule has 0 atom stereocenters. The Kier molecular flexibility index (Phi) is 3.75. The molecule has 0 spiro atoms. The Morgan fingerprint density at radius 1 is 2.00 bits per heavy atom. The van der Waals surface area contributed by atoms with E-state index in [0.717, 1.165) is 5.75 Å². The van der Waals surface area contributed by atoms with Gasteiger partial charge in [-0.25, -0.2) is 0 Å². The molecule has 5 heavy (non-hydrogen) atoms. The third-order valence-electron chi connectivity index (χ3n) is 0.273. The van der Waals surface area contributed by atoms with Crippen LogP contribution in [0.4, 0.5) is 0 Å². The Hall–Kier alpha value is 0.950. The molecule has 0 heterocycles. The predicted octanol–water partition coefficient (Wildman–Crippen LogP) is 2.01. The third-order valence-corrected chi connectivity index (χ3v) is 2.46. The molecule has 0 rings (SSSR count). The van der Waals surface area contributed by atoms with Gasteiger partial charge in [0.15, 0.2) is 0 Å². The molecular weight excluding hydrogens is 118 g/mol. The second-order valence-corrected chi connectivity index (χ2v) is 5.79. The average molecular weight is 124 g/mol. The molecule has 0 aromatic heterocycles. The van der Waals surface area contributed by atoms with Crippen LogP contribution in [0.5, 0.6) is 0 Å². The fraction of sp³-hybridized carbons (Fsp3) is 1.00. The maximum atomic E-state index is 4.04. The van der Waals surface area contributed by atoms with Crippen LogP contribution in [-0.4, -0.2) is 5.75 Å². The van der Waals surface area contributed by atoms with E-state index >= 15 is 0 Å². The van der Waals surface area contributed by atoms with Crippen LogP contribution in [0.1, 0.15) is 6.92 Å². The number of hydrogen-bond acceptors (Lipinski definition) is 0. The Morgan fingerprint density at radius 2 is 2.20 bits per heavy atom. The van der Waals surface area contributed by atoms with Gasteiger partial charge in [-0.15, -0.1) is 0 Å². The summed E-state index contributed by atoms with van der Waals surface area (Å²) < 4.78 is 0. The van der Waals surface area contributed by atoms with E-state index < -0.39 is 0 Å². The molecule has 0 fully saturated rings. The van der Waals surface area contributed by atoms with Crippen LogP contribution in [0, 0.1) is 0 Å². The van der Waals surface area contributed by atoms with E-state index in [-0.39, 0.29) is 9.05 Å². The van der Waals surface area contributed by atoms with Crippen LogP contribution >= 0.6 is 15.8 Å². The summed E-state index contributed by atoms with van der Waals surface area (Å²) in [5.41, 5.74) is 0. The Morgan fingerprint density at radius 3 is 2.20 bits per heavy atom. The van der Waals surface area contributed by atoms with E-state index in [0.29, 0.717) is 0 Å². The summed E-state index contributed by atoms with van der Waals surface area (Å²) in [6.45, 7) is 2.09. The van der Waals surface area contributed by atoms with Gasteiger partial charge in [-0.05, 0) is 0 Å². The first-order valence-corrected chi connectivity index (χ1v) is 5.05. The first-order valence-electron chi connectivity index (χ1n) is 1.38. The van der Waals surface area contributed by atoms with Gasteiger partial charge >= 0.3 is 37.6 Å². The summed E-state index contributed by atoms with van der Waals surface area (Å²) in [5.74, 6) is 1.11.